The van der Waals surface area contributed by atoms with Crippen LogP contribution in [-0.2, 0) is 21.3 Å². The van der Waals surface area contributed by atoms with Gasteiger partial charge in [-0.15, -0.1) is 0 Å². The zero-order valence-corrected chi connectivity index (χ0v) is 21.8. The van der Waals surface area contributed by atoms with Gasteiger partial charge in [-0.3, -0.25) is 0 Å². The summed E-state index contributed by atoms with van der Waals surface area (Å²) in [6.07, 6.45) is -5.25. The maximum absolute atomic E-state index is 14.3. The lowest BCUT2D eigenvalue weighted by atomic mass is 10.1. The summed E-state index contributed by atoms with van der Waals surface area (Å²) < 4.78 is 65.5. The molecule has 0 saturated carbocycles. The third kappa shape index (κ3) is 6.84. The Morgan fingerprint density at radius 2 is 1.30 bits per heavy atom. The third-order valence-corrected chi connectivity index (χ3v) is 6.11. The molecule has 2 aromatic heterocycles. The number of nitrogens with zero attached hydrogens (tertiary/aromatic N) is 4. The van der Waals surface area contributed by atoms with Crippen molar-refractivity contribution < 1.29 is 42.0 Å². The third-order valence-electron chi connectivity index (χ3n) is 5.59. The average Bonchev–Trinajstić information content (AvgIpc) is 3.31. The molecule has 40 heavy (non-hydrogen) atoms. The van der Waals surface area contributed by atoms with Crippen LogP contribution in [0.2, 0.25) is 10.3 Å². The molecule has 3 heterocycles. The first kappa shape index (κ1) is 29.6. The summed E-state index contributed by atoms with van der Waals surface area (Å²) in [6.45, 7) is -0.971. The lowest BCUT2D eigenvalue weighted by molar-refractivity contribution is -0.0640. The summed E-state index contributed by atoms with van der Waals surface area (Å²) in [6, 6.07) is 13.1. The van der Waals surface area contributed by atoms with Crippen molar-refractivity contribution in [1.29, 1.82) is 0 Å². The molecular weight excluding hydrogens is 583 g/mol. The van der Waals surface area contributed by atoms with Crippen molar-refractivity contribution >= 4 is 51.4 Å². The number of aliphatic hydroxyl groups is 2. The summed E-state index contributed by atoms with van der Waals surface area (Å²) >= 11 is 11.5. The Labute approximate surface area is 233 Å². The molecule has 0 spiro atoms. The van der Waals surface area contributed by atoms with E-state index in [1.807, 2.05) is 0 Å². The maximum atomic E-state index is 14.3. The molecular formula is C25H20Cl2F4N4O5. The number of carbonyl (C=O) groups excluding carboxylic acids is 1. The molecule has 0 bridgehead atoms. The molecule has 2 atom stereocenters. The van der Waals surface area contributed by atoms with Gasteiger partial charge in [0.15, 0.2) is 10.3 Å². The van der Waals surface area contributed by atoms with E-state index in [2.05, 4.69) is 29.4 Å². The zero-order chi connectivity index (χ0) is 29.1. The highest BCUT2D eigenvalue weighted by atomic mass is 35.5. The van der Waals surface area contributed by atoms with E-state index in [-0.39, 0.29) is 11.8 Å². The number of alkyl halides is 4. The molecule has 0 aliphatic carbocycles. The highest BCUT2D eigenvalue weighted by Gasteiger charge is 2.43. The molecule has 5 rings (SSSR count). The number of rotatable bonds is 7. The highest BCUT2D eigenvalue weighted by molar-refractivity contribution is 6.30. The van der Waals surface area contributed by atoms with E-state index >= 15 is 0 Å². The van der Waals surface area contributed by atoms with E-state index in [4.69, 9.17) is 33.4 Å². The Morgan fingerprint density at radius 3 is 1.73 bits per heavy atom. The molecule has 4 aromatic rings. The molecule has 0 amide bonds. The van der Waals surface area contributed by atoms with Crippen LogP contribution in [0.5, 0.6) is 0 Å². The predicted octanol–water partition coefficient (Wildman–Crippen LogP) is 5.42. The van der Waals surface area contributed by atoms with Gasteiger partial charge in [0.2, 0.25) is 0 Å². The van der Waals surface area contributed by atoms with Crippen molar-refractivity contribution in [3.05, 3.63) is 70.2 Å². The van der Waals surface area contributed by atoms with Crippen molar-refractivity contribution in [2.24, 2.45) is 0 Å². The van der Waals surface area contributed by atoms with Gasteiger partial charge in [-0.05, 0) is 24.3 Å². The summed E-state index contributed by atoms with van der Waals surface area (Å²) in [5.74, 6) is -6.84. The topological polar surface area (TPSA) is 128 Å². The average molecular weight is 603 g/mol. The van der Waals surface area contributed by atoms with Gasteiger partial charge in [0.05, 0.1) is 41.2 Å². The predicted molar refractivity (Wildman–Crippen MR) is 135 cm³/mol. The fraction of sp³-hybridized carbons (Fsp3) is 0.320. The monoisotopic (exact) mass is 602 g/mol. The standard InChI is InChI=1S/C13H9ClF2N2O3.C12H11ClF2N2O2/c14-11-10(17-8-3-1-2-4-9(8)18-11)13(15,16)5-7-6-20-12(19)21-7;13-11-10(12(14,15)5-7(19)6-18)16-8-3-1-2-4-9(8)17-11/h1-4,7H,5-6H2;1-4,7,18-19H,5-6H2. The molecule has 1 saturated heterocycles. The number of cyclic esters (lactones) is 2. The molecule has 15 heteroatoms. The number of carbonyl (C=O) groups is 1. The number of para-hydroxylation sites is 4. The van der Waals surface area contributed by atoms with Gasteiger partial charge in [-0.25, -0.2) is 24.7 Å². The van der Waals surface area contributed by atoms with Crippen LogP contribution in [0.4, 0.5) is 22.4 Å². The second-order valence-electron chi connectivity index (χ2n) is 8.66. The number of fused-ring (bicyclic) bond motifs is 2. The van der Waals surface area contributed by atoms with Crippen molar-refractivity contribution in [3.8, 4) is 0 Å². The first-order chi connectivity index (χ1) is 18.9. The first-order valence-electron chi connectivity index (χ1n) is 11.6. The number of ether oxygens (including phenoxy) is 2. The number of hydrogen-bond donors (Lipinski definition) is 2. The van der Waals surface area contributed by atoms with Crippen molar-refractivity contribution in [3.63, 3.8) is 0 Å². The van der Waals surface area contributed by atoms with E-state index in [1.165, 1.54) is 0 Å². The van der Waals surface area contributed by atoms with Crippen molar-refractivity contribution in [2.45, 2.75) is 36.9 Å². The Hall–Kier alpha value is -3.39. The lowest BCUT2D eigenvalue weighted by Crippen LogP contribution is -2.26. The van der Waals surface area contributed by atoms with Crippen LogP contribution in [0.25, 0.3) is 22.1 Å². The van der Waals surface area contributed by atoms with E-state index < -0.39 is 66.2 Å². The molecule has 1 aliphatic heterocycles. The minimum atomic E-state index is -3.46. The van der Waals surface area contributed by atoms with Gasteiger partial charge in [0.1, 0.15) is 24.1 Å². The van der Waals surface area contributed by atoms with E-state index in [9.17, 15) is 22.4 Å². The van der Waals surface area contributed by atoms with Crippen LogP contribution in [0.15, 0.2) is 48.5 Å². The molecule has 9 nitrogen and oxygen atoms in total. The zero-order valence-electron chi connectivity index (χ0n) is 20.3. The number of aromatic nitrogens is 4. The molecule has 1 aliphatic rings. The molecule has 212 valence electrons. The molecule has 1 fully saturated rings. The van der Waals surface area contributed by atoms with Gasteiger partial charge in [0, 0.05) is 6.42 Å². The minimum absolute atomic E-state index is 0.215. The van der Waals surface area contributed by atoms with Crippen LogP contribution in [0, 0.1) is 0 Å². The van der Waals surface area contributed by atoms with Crippen molar-refractivity contribution in [1.82, 2.24) is 19.9 Å². The first-order valence-corrected chi connectivity index (χ1v) is 12.4. The Bertz CT molecular complexity index is 1530. The molecule has 0 radical (unpaired) electrons. The second kappa shape index (κ2) is 12.0. The largest absolute Gasteiger partial charge is 0.508 e. The fourth-order valence-corrected chi connectivity index (χ4v) is 4.27. The Kier molecular flexibility index (Phi) is 8.88. The maximum Gasteiger partial charge on any atom is 0.508 e. The normalized spacial score (nSPS) is 16.3. The van der Waals surface area contributed by atoms with Crippen molar-refractivity contribution in [2.75, 3.05) is 13.2 Å². The van der Waals surface area contributed by atoms with E-state index in [1.54, 1.807) is 48.5 Å². The fourth-order valence-electron chi connectivity index (χ4n) is 3.73. The van der Waals surface area contributed by atoms with Crippen LogP contribution >= 0.6 is 23.2 Å². The molecule has 2 unspecified atom stereocenters. The van der Waals surface area contributed by atoms with Gasteiger partial charge < -0.3 is 19.7 Å². The van der Waals surface area contributed by atoms with E-state index in [0.717, 1.165) is 0 Å². The van der Waals surface area contributed by atoms with Crippen LogP contribution in [-0.4, -0.2) is 61.7 Å². The molecule has 2 N–H and O–H groups in total. The van der Waals surface area contributed by atoms with Gasteiger partial charge in [-0.2, -0.15) is 17.6 Å². The van der Waals surface area contributed by atoms with Gasteiger partial charge >= 0.3 is 6.16 Å². The minimum Gasteiger partial charge on any atom is -0.430 e. The summed E-state index contributed by atoms with van der Waals surface area (Å²) in [7, 11) is 0. The Morgan fingerprint density at radius 1 is 0.850 bits per heavy atom. The summed E-state index contributed by atoms with van der Waals surface area (Å²) in [4.78, 5) is 26.2. The highest BCUT2D eigenvalue weighted by Crippen LogP contribution is 2.38. The van der Waals surface area contributed by atoms with Gasteiger partial charge in [-0.1, -0.05) is 47.5 Å². The lowest BCUT2D eigenvalue weighted by Gasteiger charge is -2.19. The SMILES string of the molecule is O=C1OCC(CC(F)(F)c2nc3ccccc3nc2Cl)O1.OCC(O)CC(F)(F)c1nc2ccccc2nc1Cl. The Balaban J connectivity index is 0.000000186. The van der Waals surface area contributed by atoms with E-state index in [0.29, 0.717) is 22.1 Å². The van der Waals surface area contributed by atoms with Crippen LogP contribution in [0.1, 0.15) is 24.2 Å². The second-order valence-corrected chi connectivity index (χ2v) is 9.37. The quantitative estimate of drug-likeness (QED) is 0.210. The smallest absolute Gasteiger partial charge is 0.430 e. The number of hydrogen-bond acceptors (Lipinski definition) is 9. The number of benzene rings is 2. The van der Waals surface area contributed by atoms with Gasteiger partial charge in [0.25, 0.3) is 11.8 Å². The summed E-state index contributed by atoms with van der Waals surface area (Å²) in [5.41, 5.74) is 0.120. The summed E-state index contributed by atoms with van der Waals surface area (Å²) in [5, 5.41) is 17.0. The molecule has 2 aromatic carbocycles. The van der Waals surface area contributed by atoms with Crippen LogP contribution in [0.3, 0.4) is 0 Å². The number of halogens is 6. The number of aliphatic hydroxyl groups excluding tert-OH is 2. The van der Waals surface area contributed by atoms with Crippen LogP contribution < -0.4 is 0 Å².